The summed E-state index contributed by atoms with van der Waals surface area (Å²) in [4.78, 5) is 21.9. The molecule has 0 bridgehead atoms. The summed E-state index contributed by atoms with van der Waals surface area (Å²) in [6.07, 6.45) is 0. The van der Waals surface area contributed by atoms with Crippen LogP contribution in [-0.4, -0.2) is 30.9 Å². The van der Waals surface area contributed by atoms with Crippen molar-refractivity contribution in [3.63, 3.8) is 0 Å². The Kier molecular flexibility index (Phi) is 6.32. The predicted molar refractivity (Wildman–Crippen MR) is 49.5 cm³/mol. The first-order chi connectivity index (χ1) is 6.11. The third kappa shape index (κ3) is 5.47. The van der Waals surface area contributed by atoms with E-state index in [1.165, 1.54) is 0 Å². The van der Waals surface area contributed by atoms with Crippen molar-refractivity contribution in [2.24, 2.45) is 5.92 Å². The Morgan fingerprint density at radius 1 is 1.54 bits per heavy atom. The molecule has 13 heavy (non-hydrogen) atoms. The van der Waals surface area contributed by atoms with Crippen LogP contribution in [0.1, 0.15) is 13.8 Å². The molecule has 0 saturated carbocycles. The molecule has 1 amide bonds. The number of carbonyl (C=O) groups excluding carboxylic acids is 2. The minimum absolute atomic E-state index is 0.0894. The normalized spacial score (nSPS) is 11.9. The van der Waals surface area contributed by atoms with E-state index < -0.39 is 5.97 Å². The molecule has 0 saturated heterocycles. The van der Waals surface area contributed by atoms with Crippen molar-refractivity contribution in [2.75, 3.05) is 19.0 Å². The molecule has 1 N–H and O–H groups in total. The van der Waals surface area contributed by atoms with Gasteiger partial charge in [-0.05, 0) is 6.92 Å². The number of hydrogen-bond acceptors (Lipinski definition) is 3. The largest absolute Gasteiger partial charge is 0.465 e. The van der Waals surface area contributed by atoms with Gasteiger partial charge < -0.3 is 10.1 Å². The molecular formula is C8H14ClNO3. The van der Waals surface area contributed by atoms with Crippen LogP contribution in [0.25, 0.3) is 0 Å². The number of carbonyl (C=O) groups is 2. The van der Waals surface area contributed by atoms with Crippen molar-refractivity contribution in [3.05, 3.63) is 0 Å². The van der Waals surface area contributed by atoms with E-state index in [0.717, 1.165) is 0 Å². The van der Waals surface area contributed by atoms with Crippen LogP contribution in [0.15, 0.2) is 0 Å². The topological polar surface area (TPSA) is 55.4 Å². The number of alkyl halides is 1. The summed E-state index contributed by atoms with van der Waals surface area (Å²) in [5.41, 5.74) is 0. The Morgan fingerprint density at radius 3 is 2.62 bits per heavy atom. The summed E-state index contributed by atoms with van der Waals surface area (Å²) in [6.45, 7) is 3.63. The molecule has 0 spiro atoms. The quantitative estimate of drug-likeness (QED) is 0.529. The molecule has 76 valence electrons. The molecule has 1 atom stereocenters. The monoisotopic (exact) mass is 207 g/mol. The Morgan fingerprint density at radius 2 is 2.15 bits per heavy atom. The molecule has 0 aromatic heterocycles. The van der Waals surface area contributed by atoms with Gasteiger partial charge in [0.05, 0.1) is 6.61 Å². The van der Waals surface area contributed by atoms with Crippen molar-refractivity contribution in [1.29, 1.82) is 0 Å². The lowest BCUT2D eigenvalue weighted by atomic mass is 10.2. The maximum Gasteiger partial charge on any atom is 0.325 e. The zero-order valence-corrected chi connectivity index (χ0v) is 8.56. The minimum Gasteiger partial charge on any atom is -0.465 e. The highest BCUT2D eigenvalue weighted by Gasteiger charge is 2.12. The van der Waals surface area contributed by atoms with Crippen LogP contribution < -0.4 is 5.32 Å². The van der Waals surface area contributed by atoms with E-state index in [1.54, 1.807) is 13.8 Å². The third-order valence-electron chi connectivity index (χ3n) is 1.39. The zero-order chi connectivity index (χ0) is 10.3. The van der Waals surface area contributed by atoms with Gasteiger partial charge in [-0.3, -0.25) is 9.59 Å². The number of rotatable bonds is 5. The van der Waals surface area contributed by atoms with E-state index in [9.17, 15) is 9.59 Å². The summed E-state index contributed by atoms with van der Waals surface area (Å²) in [5.74, 6) is -0.703. The van der Waals surface area contributed by atoms with Crippen LogP contribution in [0, 0.1) is 5.92 Å². The van der Waals surface area contributed by atoms with Gasteiger partial charge in [0.1, 0.15) is 6.54 Å². The average Bonchev–Trinajstić information content (AvgIpc) is 2.13. The highest BCUT2D eigenvalue weighted by Crippen LogP contribution is 1.96. The fourth-order valence-corrected chi connectivity index (χ4v) is 0.756. The fourth-order valence-electron chi connectivity index (χ4n) is 0.616. The maximum atomic E-state index is 11.1. The van der Waals surface area contributed by atoms with Gasteiger partial charge in [-0.2, -0.15) is 0 Å². The Balaban J connectivity index is 3.63. The lowest BCUT2D eigenvalue weighted by Crippen LogP contribution is -2.34. The molecule has 0 heterocycles. The summed E-state index contributed by atoms with van der Waals surface area (Å²) in [7, 11) is 0. The second-order valence-electron chi connectivity index (χ2n) is 2.58. The van der Waals surface area contributed by atoms with E-state index in [4.69, 9.17) is 11.6 Å². The first-order valence-electron chi connectivity index (χ1n) is 4.11. The molecule has 4 nitrogen and oxygen atoms in total. The Hall–Kier alpha value is -0.770. The van der Waals surface area contributed by atoms with Gasteiger partial charge in [-0.1, -0.05) is 6.92 Å². The highest BCUT2D eigenvalue weighted by atomic mass is 35.5. The fraction of sp³-hybridized carbons (Fsp3) is 0.750. The van der Waals surface area contributed by atoms with Crippen molar-refractivity contribution in [1.82, 2.24) is 5.32 Å². The number of hydrogen-bond donors (Lipinski definition) is 1. The van der Waals surface area contributed by atoms with Crippen molar-refractivity contribution < 1.29 is 14.3 Å². The van der Waals surface area contributed by atoms with E-state index in [1.807, 2.05) is 0 Å². The second-order valence-corrected chi connectivity index (χ2v) is 2.89. The van der Waals surface area contributed by atoms with Crippen molar-refractivity contribution >= 4 is 23.5 Å². The lowest BCUT2D eigenvalue weighted by Gasteiger charge is -2.08. The second kappa shape index (κ2) is 6.71. The van der Waals surface area contributed by atoms with Crippen LogP contribution >= 0.6 is 11.6 Å². The van der Waals surface area contributed by atoms with Crippen LogP contribution in [0.2, 0.25) is 0 Å². The maximum absolute atomic E-state index is 11.1. The van der Waals surface area contributed by atoms with Crippen LogP contribution in [0.3, 0.4) is 0 Å². The van der Waals surface area contributed by atoms with Crippen molar-refractivity contribution in [3.8, 4) is 0 Å². The lowest BCUT2D eigenvalue weighted by molar-refractivity contribution is -0.143. The minimum atomic E-state index is -0.433. The standard InChI is InChI=1S/C8H14ClNO3/c1-3-13-7(11)5-10-8(12)6(2)4-9/h6H,3-5H2,1-2H3,(H,10,12). The van der Waals surface area contributed by atoms with E-state index in [2.05, 4.69) is 10.1 Å². The average molecular weight is 208 g/mol. The van der Waals surface area contributed by atoms with E-state index in [0.29, 0.717) is 6.61 Å². The molecule has 0 rings (SSSR count). The first-order valence-corrected chi connectivity index (χ1v) is 4.64. The van der Waals surface area contributed by atoms with Crippen molar-refractivity contribution in [2.45, 2.75) is 13.8 Å². The van der Waals surface area contributed by atoms with Gasteiger partial charge in [0.2, 0.25) is 5.91 Å². The molecule has 5 heteroatoms. The molecule has 1 unspecified atom stereocenters. The number of esters is 1. The number of nitrogens with one attached hydrogen (secondary N) is 1. The number of ether oxygens (including phenoxy) is 1. The molecule has 0 fully saturated rings. The predicted octanol–water partition coefficient (Wildman–Crippen LogP) is 0.541. The molecule has 0 aromatic rings. The van der Waals surface area contributed by atoms with Gasteiger partial charge in [-0.15, -0.1) is 11.6 Å². The summed E-state index contributed by atoms with van der Waals surface area (Å²) < 4.78 is 4.62. The Labute approximate surface area is 82.6 Å². The molecule has 0 radical (unpaired) electrons. The molecule has 0 aliphatic carbocycles. The molecule has 0 aliphatic heterocycles. The third-order valence-corrected chi connectivity index (χ3v) is 1.85. The number of amides is 1. The summed E-state index contributed by atoms with van der Waals surface area (Å²) in [5, 5.41) is 2.42. The van der Waals surface area contributed by atoms with Crippen LogP contribution in [0.4, 0.5) is 0 Å². The Bertz CT molecular complexity index is 184. The summed E-state index contributed by atoms with van der Waals surface area (Å²) in [6, 6.07) is 0. The SMILES string of the molecule is CCOC(=O)CNC(=O)C(C)CCl. The smallest absolute Gasteiger partial charge is 0.325 e. The highest BCUT2D eigenvalue weighted by molar-refractivity contribution is 6.19. The van der Waals surface area contributed by atoms with Gasteiger partial charge in [0.25, 0.3) is 0 Å². The van der Waals surface area contributed by atoms with Crippen LogP contribution in [0.5, 0.6) is 0 Å². The molecular weight excluding hydrogens is 194 g/mol. The van der Waals surface area contributed by atoms with Gasteiger partial charge in [-0.25, -0.2) is 0 Å². The van der Waals surface area contributed by atoms with E-state index in [-0.39, 0.29) is 24.2 Å². The molecule has 0 aliphatic rings. The first kappa shape index (κ1) is 12.2. The van der Waals surface area contributed by atoms with Gasteiger partial charge in [0, 0.05) is 11.8 Å². The number of halogens is 1. The van der Waals surface area contributed by atoms with Crippen LogP contribution in [-0.2, 0) is 14.3 Å². The van der Waals surface area contributed by atoms with Gasteiger partial charge >= 0.3 is 5.97 Å². The molecule has 0 aromatic carbocycles. The summed E-state index contributed by atoms with van der Waals surface area (Å²) >= 11 is 5.45. The van der Waals surface area contributed by atoms with E-state index >= 15 is 0 Å². The zero-order valence-electron chi connectivity index (χ0n) is 7.80. The van der Waals surface area contributed by atoms with Gasteiger partial charge in [0.15, 0.2) is 0 Å².